The van der Waals surface area contributed by atoms with Crippen LogP contribution >= 0.6 is 11.8 Å². The molecule has 0 bridgehead atoms. The maximum absolute atomic E-state index is 11.9. The minimum Gasteiger partial charge on any atom is -0.341 e. The summed E-state index contributed by atoms with van der Waals surface area (Å²) < 4.78 is 0. The van der Waals surface area contributed by atoms with E-state index in [4.69, 9.17) is 5.73 Å². The van der Waals surface area contributed by atoms with E-state index < -0.39 is 0 Å². The molecule has 15 heavy (non-hydrogen) atoms. The summed E-state index contributed by atoms with van der Waals surface area (Å²) in [5.41, 5.74) is 5.47. The number of nitrogens with two attached hydrogens (primary N) is 1. The van der Waals surface area contributed by atoms with Gasteiger partial charge in [-0.1, -0.05) is 6.92 Å². The highest BCUT2D eigenvalue weighted by atomic mass is 32.2. The topological polar surface area (TPSA) is 46.3 Å². The van der Waals surface area contributed by atoms with Gasteiger partial charge in [-0.15, -0.1) is 0 Å². The Bertz CT molecular complexity index is 225. The zero-order chi connectivity index (χ0) is 11.5. The van der Waals surface area contributed by atoms with Crippen molar-refractivity contribution in [2.75, 3.05) is 18.8 Å². The maximum atomic E-state index is 11.9. The van der Waals surface area contributed by atoms with Crippen molar-refractivity contribution in [2.45, 2.75) is 44.4 Å². The quantitative estimate of drug-likeness (QED) is 0.798. The van der Waals surface area contributed by atoms with Crippen molar-refractivity contribution in [3.8, 4) is 0 Å². The van der Waals surface area contributed by atoms with Crippen molar-refractivity contribution in [1.29, 1.82) is 0 Å². The van der Waals surface area contributed by atoms with Gasteiger partial charge in [0.25, 0.3) is 0 Å². The number of rotatable bonds is 3. The molecule has 1 unspecified atom stereocenters. The lowest BCUT2D eigenvalue weighted by atomic mass is 10.0. The number of carbonyl (C=O) groups excluding carboxylic acids is 1. The van der Waals surface area contributed by atoms with Crippen LogP contribution in [0.2, 0.25) is 0 Å². The Labute approximate surface area is 96.8 Å². The van der Waals surface area contributed by atoms with Crippen LogP contribution in [0.15, 0.2) is 0 Å². The minimum atomic E-state index is -0.386. The monoisotopic (exact) mass is 230 g/mol. The predicted molar refractivity (Wildman–Crippen MR) is 66.0 cm³/mol. The number of hydrogen-bond acceptors (Lipinski definition) is 3. The Morgan fingerprint density at radius 1 is 1.60 bits per heavy atom. The van der Waals surface area contributed by atoms with Crippen LogP contribution in [0.25, 0.3) is 0 Å². The summed E-state index contributed by atoms with van der Waals surface area (Å²) in [6, 6.07) is 0. The molecule has 0 saturated carbocycles. The average molecular weight is 230 g/mol. The van der Waals surface area contributed by atoms with Crippen LogP contribution in [0.3, 0.4) is 0 Å². The Morgan fingerprint density at radius 2 is 2.27 bits per heavy atom. The second kappa shape index (κ2) is 5.21. The van der Waals surface area contributed by atoms with Gasteiger partial charge in [-0.3, -0.25) is 4.79 Å². The van der Waals surface area contributed by atoms with Gasteiger partial charge < -0.3 is 10.6 Å². The standard InChI is InChI=1S/C11H22N2OS/c1-4-9-8-13(5-6-15-9)10(14)7-11(2,3)12/h9H,4-8,12H2,1-3H3. The summed E-state index contributed by atoms with van der Waals surface area (Å²) in [4.78, 5) is 13.9. The van der Waals surface area contributed by atoms with Crippen LogP contribution in [-0.4, -0.2) is 40.4 Å². The summed E-state index contributed by atoms with van der Waals surface area (Å²) in [6.07, 6.45) is 1.59. The van der Waals surface area contributed by atoms with Gasteiger partial charge in [0.1, 0.15) is 0 Å². The maximum Gasteiger partial charge on any atom is 0.224 e. The van der Waals surface area contributed by atoms with E-state index in [1.807, 2.05) is 30.5 Å². The van der Waals surface area contributed by atoms with Crippen molar-refractivity contribution < 1.29 is 4.79 Å². The van der Waals surface area contributed by atoms with Crippen LogP contribution in [0.1, 0.15) is 33.6 Å². The van der Waals surface area contributed by atoms with E-state index in [9.17, 15) is 4.79 Å². The van der Waals surface area contributed by atoms with E-state index in [0.717, 1.165) is 25.3 Å². The molecule has 1 rings (SSSR count). The first-order chi connectivity index (χ1) is 6.92. The van der Waals surface area contributed by atoms with E-state index >= 15 is 0 Å². The lowest BCUT2D eigenvalue weighted by Gasteiger charge is -2.33. The highest BCUT2D eigenvalue weighted by Gasteiger charge is 2.26. The molecule has 1 aliphatic rings. The summed E-state index contributed by atoms with van der Waals surface area (Å²) in [7, 11) is 0. The number of carbonyl (C=O) groups is 1. The Balaban J connectivity index is 2.45. The van der Waals surface area contributed by atoms with Gasteiger partial charge in [-0.05, 0) is 20.3 Å². The van der Waals surface area contributed by atoms with Crippen molar-refractivity contribution >= 4 is 17.7 Å². The lowest BCUT2D eigenvalue weighted by molar-refractivity contribution is -0.132. The molecule has 0 aromatic rings. The van der Waals surface area contributed by atoms with Gasteiger partial charge in [-0.2, -0.15) is 11.8 Å². The molecule has 3 nitrogen and oxygen atoms in total. The fourth-order valence-electron chi connectivity index (χ4n) is 1.69. The molecule has 1 saturated heterocycles. The third kappa shape index (κ3) is 4.43. The molecule has 0 aromatic heterocycles. The molecule has 1 heterocycles. The normalized spacial score (nSPS) is 22.9. The van der Waals surface area contributed by atoms with E-state index in [-0.39, 0.29) is 11.4 Å². The number of thioether (sulfide) groups is 1. The summed E-state index contributed by atoms with van der Waals surface area (Å²) in [6.45, 7) is 7.77. The summed E-state index contributed by atoms with van der Waals surface area (Å²) >= 11 is 1.98. The van der Waals surface area contributed by atoms with Crippen LogP contribution in [0.4, 0.5) is 0 Å². The molecule has 1 amide bonds. The molecule has 0 radical (unpaired) electrons. The predicted octanol–water partition coefficient (Wildman–Crippen LogP) is 1.47. The molecule has 0 aliphatic carbocycles. The summed E-state index contributed by atoms with van der Waals surface area (Å²) in [5.74, 6) is 1.27. The minimum absolute atomic E-state index is 0.209. The Hall–Kier alpha value is -0.220. The fraction of sp³-hybridized carbons (Fsp3) is 0.909. The van der Waals surface area contributed by atoms with E-state index in [1.165, 1.54) is 0 Å². The van der Waals surface area contributed by atoms with Crippen molar-refractivity contribution in [1.82, 2.24) is 4.90 Å². The van der Waals surface area contributed by atoms with Crippen LogP contribution in [-0.2, 0) is 4.79 Å². The van der Waals surface area contributed by atoms with E-state index in [1.54, 1.807) is 0 Å². The zero-order valence-electron chi connectivity index (χ0n) is 9.95. The first-order valence-corrected chi connectivity index (χ1v) is 6.65. The first kappa shape index (κ1) is 12.8. The first-order valence-electron chi connectivity index (χ1n) is 5.60. The van der Waals surface area contributed by atoms with Crippen LogP contribution in [0.5, 0.6) is 0 Å². The molecule has 1 fully saturated rings. The smallest absolute Gasteiger partial charge is 0.224 e. The molecule has 0 spiro atoms. The zero-order valence-corrected chi connectivity index (χ0v) is 10.8. The molecule has 88 valence electrons. The number of amides is 1. The molecule has 0 aromatic carbocycles. The highest BCUT2D eigenvalue weighted by molar-refractivity contribution is 8.00. The van der Waals surface area contributed by atoms with Crippen LogP contribution < -0.4 is 5.73 Å². The van der Waals surface area contributed by atoms with Crippen molar-refractivity contribution in [2.24, 2.45) is 5.73 Å². The molecule has 1 atom stereocenters. The molecular formula is C11H22N2OS. The van der Waals surface area contributed by atoms with Gasteiger partial charge in [0, 0.05) is 36.1 Å². The van der Waals surface area contributed by atoms with Crippen molar-refractivity contribution in [3.63, 3.8) is 0 Å². The number of nitrogens with zero attached hydrogens (tertiary/aromatic N) is 1. The molecule has 2 N–H and O–H groups in total. The highest BCUT2D eigenvalue weighted by Crippen LogP contribution is 2.22. The molecular weight excluding hydrogens is 208 g/mol. The van der Waals surface area contributed by atoms with Gasteiger partial charge in [0.15, 0.2) is 0 Å². The number of hydrogen-bond donors (Lipinski definition) is 1. The van der Waals surface area contributed by atoms with E-state index in [2.05, 4.69) is 6.92 Å². The summed E-state index contributed by atoms with van der Waals surface area (Å²) in [5, 5.41) is 0.614. The lowest BCUT2D eigenvalue weighted by Crippen LogP contribution is -2.46. The fourth-order valence-corrected chi connectivity index (χ4v) is 2.87. The Kier molecular flexibility index (Phi) is 4.46. The van der Waals surface area contributed by atoms with Gasteiger partial charge >= 0.3 is 0 Å². The van der Waals surface area contributed by atoms with Gasteiger partial charge in [-0.25, -0.2) is 0 Å². The second-order valence-electron chi connectivity index (χ2n) is 4.91. The largest absolute Gasteiger partial charge is 0.341 e. The SMILES string of the molecule is CCC1CN(C(=O)CC(C)(C)N)CCS1. The van der Waals surface area contributed by atoms with Crippen LogP contribution in [0, 0.1) is 0 Å². The van der Waals surface area contributed by atoms with Gasteiger partial charge in [0.05, 0.1) is 0 Å². The molecule has 4 heteroatoms. The van der Waals surface area contributed by atoms with E-state index in [0.29, 0.717) is 11.7 Å². The third-order valence-corrected chi connectivity index (χ3v) is 3.93. The second-order valence-corrected chi connectivity index (χ2v) is 6.31. The van der Waals surface area contributed by atoms with Crippen molar-refractivity contribution in [3.05, 3.63) is 0 Å². The third-order valence-electron chi connectivity index (χ3n) is 2.55. The van der Waals surface area contributed by atoms with Gasteiger partial charge in [0.2, 0.25) is 5.91 Å². The Morgan fingerprint density at radius 3 is 2.80 bits per heavy atom. The average Bonchev–Trinajstić information content (AvgIpc) is 2.15. The molecule has 1 aliphatic heterocycles.